The Balaban J connectivity index is 1.49. The second-order valence-electron chi connectivity index (χ2n) is 7.01. The van der Waals surface area contributed by atoms with Crippen molar-refractivity contribution in [1.29, 1.82) is 0 Å². The molecule has 2 aromatic rings. The summed E-state index contributed by atoms with van der Waals surface area (Å²) in [6, 6.07) is 15.3. The Hall–Kier alpha value is -1.74. The maximum absolute atomic E-state index is 12.2. The molecule has 1 atom stereocenters. The van der Waals surface area contributed by atoms with Crippen LogP contribution in [0.25, 0.3) is 0 Å². The van der Waals surface area contributed by atoms with Crippen molar-refractivity contribution in [2.24, 2.45) is 0 Å². The Morgan fingerprint density at radius 2 is 1.92 bits per heavy atom. The number of thioether (sulfide) groups is 1. The first-order valence-corrected chi connectivity index (χ1v) is 10.3. The summed E-state index contributed by atoms with van der Waals surface area (Å²) in [5.41, 5.74) is 6.72. The molecule has 1 amide bonds. The van der Waals surface area contributed by atoms with Gasteiger partial charge in [0.15, 0.2) is 0 Å². The molecule has 0 saturated carbocycles. The van der Waals surface area contributed by atoms with Gasteiger partial charge in [0.25, 0.3) is 0 Å². The molecule has 0 saturated heterocycles. The van der Waals surface area contributed by atoms with Crippen molar-refractivity contribution in [3.8, 4) is 0 Å². The van der Waals surface area contributed by atoms with Crippen LogP contribution in [0.3, 0.4) is 0 Å². The summed E-state index contributed by atoms with van der Waals surface area (Å²) in [5, 5.41) is 3.14. The van der Waals surface area contributed by atoms with Gasteiger partial charge in [0.1, 0.15) is 0 Å². The van der Waals surface area contributed by atoms with Crippen LogP contribution in [0.15, 0.2) is 42.5 Å². The minimum atomic E-state index is 0.0688. The van der Waals surface area contributed by atoms with E-state index in [1.807, 2.05) is 0 Å². The number of fused-ring (bicyclic) bond motifs is 1. The van der Waals surface area contributed by atoms with Gasteiger partial charge in [-0.05, 0) is 61.8 Å². The van der Waals surface area contributed by atoms with E-state index >= 15 is 0 Å². The van der Waals surface area contributed by atoms with E-state index in [1.165, 1.54) is 53.5 Å². The number of carbonyl (C=O) groups excluding carboxylic acids is 1. The van der Waals surface area contributed by atoms with Crippen LogP contribution < -0.4 is 5.32 Å². The minimum absolute atomic E-state index is 0.0688. The quantitative estimate of drug-likeness (QED) is 0.793. The Bertz CT molecular complexity index is 741. The van der Waals surface area contributed by atoms with Crippen molar-refractivity contribution in [1.82, 2.24) is 5.32 Å². The summed E-state index contributed by atoms with van der Waals surface area (Å²) in [6.07, 6.45) is 4.96. The summed E-state index contributed by atoms with van der Waals surface area (Å²) in [7, 11) is 0. The average Bonchev–Trinajstić information content (AvgIpc) is 2.61. The number of benzene rings is 2. The molecule has 1 aliphatic carbocycles. The van der Waals surface area contributed by atoms with Gasteiger partial charge in [-0.3, -0.25) is 4.79 Å². The first kappa shape index (κ1) is 18.1. The maximum atomic E-state index is 12.2. The van der Waals surface area contributed by atoms with E-state index in [-0.39, 0.29) is 11.9 Å². The summed E-state index contributed by atoms with van der Waals surface area (Å²) in [6.45, 7) is 4.18. The van der Waals surface area contributed by atoms with Gasteiger partial charge < -0.3 is 5.32 Å². The Labute approximate surface area is 155 Å². The Morgan fingerprint density at radius 3 is 2.72 bits per heavy atom. The minimum Gasteiger partial charge on any atom is -0.349 e. The van der Waals surface area contributed by atoms with Crippen LogP contribution in [-0.4, -0.2) is 11.7 Å². The van der Waals surface area contributed by atoms with Crippen molar-refractivity contribution in [2.75, 3.05) is 5.75 Å². The van der Waals surface area contributed by atoms with E-state index < -0.39 is 0 Å². The topological polar surface area (TPSA) is 29.1 Å². The fourth-order valence-corrected chi connectivity index (χ4v) is 4.24. The molecule has 2 nitrogen and oxygen atoms in total. The molecule has 25 heavy (non-hydrogen) atoms. The van der Waals surface area contributed by atoms with Crippen LogP contribution in [0.4, 0.5) is 0 Å². The molecule has 1 unspecified atom stereocenters. The highest BCUT2D eigenvalue weighted by atomic mass is 32.2. The third kappa shape index (κ3) is 5.12. The molecule has 132 valence electrons. The summed E-state index contributed by atoms with van der Waals surface area (Å²) < 4.78 is 0. The summed E-state index contributed by atoms with van der Waals surface area (Å²) >= 11 is 1.67. The highest BCUT2D eigenvalue weighted by Gasteiger charge is 2.14. The van der Waals surface area contributed by atoms with E-state index in [0.29, 0.717) is 5.75 Å². The second kappa shape index (κ2) is 8.57. The lowest BCUT2D eigenvalue weighted by Gasteiger charge is -2.20. The molecule has 0 bridgehead atoms. The highest BCUT2D eigenvalue weighted by molar-refractivity contribution is 7.99. The smallest absolute Gasteiger partial charge is 0.230 e. The predicted molar refractivity (Wildman–Crippen MR) is 107 cm³/mol. The monoisotopic (exact) mass is 353 g/mol. The molecular weight excluding hydrogens is 326 g/mol. The number of amides is 1. The second-order valence-corrected chi connectivity index (χ2v) is 7.99. The van der Waals surface area contributed by atoms with Gasteiger partial charge in [0.05, 0.1) is 11.8 Å². The van der Waals surface area contributed by atoms with Gasteiger partial charge in [-0.1, -0.05) is 48.0 Å². The first-order chi connectivity index (χ1) is 12.1. The van der Waals surface area contributed by atoms with Gasteiger partial charge >= 0.3 is 0 Å². The van der Waals surface area contributed by atoms with Crippen LogP contribution in [0.2, 0.25) is 0 Å². The van der Waals surface area contributed by atoms with E-state index in [9.17, 15) is 4.79 Å². The van der Waals surface area contributed by atoms with E-state index in [1.54, 1.807) is 11.8 Å². The number of rotatable bonds is 6. The largest absolute Gasteiger partial charge is 0.349 e. The fourth-order valence-electron chi connectivity index (χ4n) is 3.45. The van der Waals surface area contributed by atoms with Crippen LogP contribution in [0.5, 0.6) is 0 Å². The average molecular weight is 354 g/mol. The van der Waals surface area contributed by atoms with Crippen LogP contribution >= 0.6 is 11.8 Å². The van der Waals surface area contributed by atoms with Gasteiger partial charge in [-0.15, -0.1) is 11.8 Å². The SMILES string of the molecule is Cc1cccc(CSCC(=O)NC(C)c2ccc3c(c2)CCCC3)c1. The molecule has 1 aliphatic rings. The molecule has 0 spiro atoms. The third-order valence-corrected chi connectivity index (χ3v) is 5.84. The van der Waals surface area contributed by atoms with Crippen molar-refractivity contribution in [2.45, 2.75) is 51.3 Å². The number of aryl methyl sites for hydroxylation is 3. The van der Waals surface area contributed by atoms with Crippen LogP contribution in [0.1, 0.15) is 53.6 Å². The molecule has 2 aromatic carbocycles. The zero-order chi connectivity index (χ0) is 17.6. The van der Waals surface area contributed by atoms with Crippen molar-refractivity contribution < 1.29 is 4.79 Å². The number of carbonyl (C=O) groups is 1. The zero-order valence-corrected chi connectivity index (χ0v) is 16.0. The lowest BCUT2D eigenvalue weighted by Crippen LogP contribution is -2.28. The van der Waals surface area contributed by atoms with Gasteiger partial charge in [-0.2, -0.15) is 0 Å². The molecule has 0 fully saturated rings. The van der Waals surface area contributed by atoms with Gasteiger partial charge in [0.2, 0.25) is 5.91 Å². The fraction of sp³-hybridized carbons (Fsp3) is 0.409. The first-order valence-electron chi connectivity index (χ1n) is 9.16. The molecule has 0 heterocycles. The molecule has 0 aliphatic heterocycles. The van der Waals surface area contributed by atoms with Crippen molar-refractivity contribution in [3.63, 3.8) is 0 Å². The van der Waals surface area contributed by atoms with Gasteiger partial charge in [-0.25, -0.2) is 0 Å². The Kier molecular flexibility index (Phi) is 6.19. The Morgan fingerprint density at radius 1 is 1.12 bits per heavy atom. The lowest BCUT2D eigenvalue weighted by molar-refractivity contribution is -0.119. The molecule has 1 N–H and O–H groups in total. The highest BCUT2D eigenvalue weighted by Crippen LogP contribution is 2.25. The summed E-state index contributed by atoms with van der Waals surface area (Å²) in [4.78, 5) is 12.2. The summed E-state index contributed by atoms with van der Waals surface area (Å²) in [5.74, 6) is 1.49. The molecule has 0 aromatic heterocycles. The van der Waals surface area contributed by atoms with E-state index in [0.717, 1.165) is 5.75 Å². The van der Waals surface area contributed by atoms with E-state index in [4.69, 9.17) is 0 Å². The lowest BCUT2D eigenvalue weighted by atomic mass is 9.89. The molecule has 0 radical (unpaired) electrons. The number of nitrogens with one attached hydrogen (secondary N) is 1. The maximum Gasteiger partial charge on any atom is 0.230 e. The molecule has 3 heteroatoms. The van der Waals surface area contributed by atoms with Crippen molar-refractivity contribution in [3.05, 3.63) is 70.3 Å². The van der Waals surface area contributed by atoms with Gasteiger partial charge in [0, 0.05) is 5.75 Å². The normalized spacial score (nSPS) is 14.6. The molecule has 3 rings (SSSR count). The standard InChI is InChI=1S/C22H27NOS/c1-16-6-5-7-18(12-16)14-25-15-22(24)23-17(2)20-11-10-19-8-3-4-9-21(19)13-20/h5-7,10-13,17H,3-4,8-9,14-15H2,1-2H3,(H,23,24). The number of hydrogen-bond acceptors (Lipinski definition) is 2. The van der Waals surface area contributed by atoms with Crippen LogP contribution in [0, 0.1) is 6.92 Å². The molecular formula is C22H27NOS. The van der Waals surface area contributed by atoms with Crippen LogP contribution in [-0.2, 0) is 23.4 Å². The number of hydrogen-bond donors (Lipinski definition) is 1. The third-order valence-electron chi connectivity index (χ3n) is 4.83. The zero-order valence-electron chi connectivity index (χ0n) is 15.2. The van der Waals surface area contributed by atoms with E-state index in [2.05, 4.69) is 61.6 Å². The predicted octanol–water partition coefficient (Wildman–Crippen LogP) is 4.98. The van der Waals surface area contributed by atoms with Crippen molar-refractivity contribution >= 4 is 17.7 Å².